The Morgan fingerprint density at radius 3 is 2.62 bits per heavy atom. The van der Waals surface area contributed by atoms with Crippen LogP contribution in [0.1, 0.15) is 57.0 Å². The van der Waals surface area contributed by atoms with Crippen molar-refractivity contribution in [3.8, 4) is 0 Å². The van der Waals surface area contributed by atoms with Gasteiger partial charge in [0.1, 0.15) is 0 Å². The molecular weight excluding hydrogens is 282 g/mol. The van der Waals surface area contributed by atoms with Gasteiger partial charge in [-0.25, -0.2) is 4.98 Å². The lowest BCUT2D eigenvalue weighted by molar-refractivity contribution is 0.205. The van der Waals surface area contributed by atoms with Gasteiger partial charge >= 0.3 is 0 Å². The van der Waals surface area contributed by atoms with Crippen molar-refractivity contribution in [3.05, 3.63) is 10.6 Å². The van der Waals surface area contributed by atoms with E-state index in [1.54, 1.807) is 7.11 Å². The summed E-state index contributed by atoms with van der Waals surface area (Å²) in [6.45, 7) is 12.4. The summed E-state index contributed by atoms with van der Waals surface area (Å²) in [5.41, 5.74) is 1.48. The summed E-state index contributed by atoms with van der Waals surface area (Å²) in [6, 6.07) is 0. The Morgan fingerprint density at radius 2 is 2.10 bits per heavy atom. The highest BCUT2D eigenvalue weighted by Crippen LogP contribution is 2.44. The largest absolute Gasteiger partial charge is 0.383 e. The molecule has 1 aliphatic rings. The average molecular weight is 311 g/mol. The van der Waals surface area contributed by atoms with Crippen molar-refractivity contribution >= 4 is 16.5 Å². The molecule has 120 valence electrons. The lowest BCUT2D eigenvalue weighted by Crippen LogP contribution is -2.35. The van der Waals surface area contributed by atoms with Crippen LogP contribution in [-0.2, 0) is 11.3 Å². The summed E-state index contributed by atoms with van der Waals surface area (Å²) in [5, 5.41) is 4.76. The van der Waals surface area contributed by atoms with Crippen LogP contribution in [0.25, 0.3) is 0 Å². The number of ether oxygens (including phenoxy) is 1. The zero-order chi connectivity index (χ0) is 15.5. The topological polar surface area (TPSA) is 37.4 Å². The van der Waals surface area contributed by atoms with Crippen molar-refractivity contribution in [1.29, 1.82) is 0 Å². The van der Waals surface area contributed by atoms with Crippen molar-refractivity contribution in [2.45, 2.75) is 58.5 Å². The van der Waals surface area contributed by atoms with Crippen LogP contribution in [0.5, 0.6) is 0 Å². The first-order valence-corrected chi connectivity index (χ1v) is 8.74. The maximum absolute atomic E-state index is 5.21. The van der Waals surface area contributed by atoms with Gasteiger partial charge in [-0.15, -0.1) is 11.3 Å². The normalized spacial score (nSPS) is 15.5. The molecule has 0 bridgehead atoms. The summed E-state index contributed by atoms with van der Waals surface area (Å²) in [5.74, 6) is 0.702. The van der Waals surface area contributed by atoms with Gasteiger partial charge in [-0.05, 0) is 40.5 Å². The number of nitrogens with one attached hydrogen (secondary N) is 1. The number of rotatable bonds is 8. The molecule has 1 fully saturated rings. The maximum Gasteiger partial charge on any atom is 0.185 e. The molecule has 1 aliphatic carbocycles. The third-order valence-corrected chi connectivity index (χ3v) is 4.81. The number of nitrogens with zero attached hydrogens (tertiary/aromatic N) is 2. The fourth-order valence-corrected chi connectivity index (χ4v) is 3.40. The molecule has 5 heteroatoms. The second-order valence-electron chi connectivity index (χ2n) is 6.76. The van der Waals surface area contributed by atoms with E-state index >= 15 is 0 Å². The molecule has 1 aromatic rings. The first-order valence-electron chi connectivity index (χ1n) is 7.93. The van der Waals surface area contributed by atoms with Gasteiger partial charge in [0.15, 0.2) is 5.13 Å². The minimum atomic E-state index is 0.144. The predicted octanol–water partition coefficient (Wildman–Crippen LogP) is 3.38. The van der Waals surface area contributed by atoms with E-state index in [0.29, 0.717) is 5.92 Å². The smallest absolute Gasteiger partial charge is 0.185 e. The molecular formula is C16H29N3OS. The number of thiazole rings is 1. The lowest BCUT2D eigenvalue weighted by atomic mass is 10.1. The number of methoxy groups -OCH3 is 1. The van der Waals surface area contributed by atoms with Gasteiger partial charge in [0.05, 0.1) is 12.3 Å². The van der Waals surface area contributed by atoms with Crippen molar-refractivity contribution in [2.75, 3.05) is 31.7 Å². The standard InChI is InChI=1S/C16H29N3OS/c1-6-19(9-10-20-5)15-18-14(12-7-8-12)13(21-15)11-17-16(2,3)4/h12,17H,6-11H2,1-5H3. The molecule has 21 heavy (non-hydrogen) atoms. The van der Waals surface area contributed by atoms with E-state index in [9.17, 15) is 0 Å². The summed E-state index contributed by atoms with van der Waals surface area (Å²) < 4.78 is 5.21. The van der Waals surface area contributed by atoms with E-state index in [0.717, 1.165) is 31.4 Å². The van der Waals surface area contributed by atoms with Crippen LogP contribution in [0.4, 0.5) is 5.13 Å². The van der Waals surface area contributed by atoms with Gasteiger partial charge in [0.2, 0.25) is 0 Å². The van der Waals surface area contributed by atoms with Crippen molar-refractivity contribution in [1.82, 2.24) is 10.3 Å². The molecule has 0 aromatic carbocycles. The first-order chi connectivity index (χ1) is 9.94. The van der Waals surface area contributed by atoms with Crippen LogP contribution in [0.15, 0.2) is 0 Å². The third kappa shape index (κ3) is 4.94. The van der Waals surface area contributed by atoms with Crippen LogP contribution in [0.3, 0.4) is 0 Å². The minimum absolute atomic E-state index is 0.144. The molecule has 1 aromatic heterocycles. The summed E-state index contributed by atoms with van der Waals surface area (Å²) in [7, 11) is 1.75. The fourth-order valence-electron chi connectivity index (χ4n) is 2.22. The van der Waals surface area contributed by atoms with Gasteiger partial charge in [-0.1, -0.05) is 0 Å². The number of hydrogen-bond donors (Lipinski definition) is 1. The quantitative estimate of drug-likeness (QED) is 0.798. The highest BCUT2D eigenvalue weighted by atomic mass is 32.1. The van der Waals surface area contributed by atoms with Crippen LogP contribution < -0.4 is 10.2 Å². The number of hydrogen-bond acceptors (Lipinski definition) is 5. The zero-order valence-electron chi connectivity index (χ0n) is 14.0. The number of aromatic nitrogens is 1. The Balaban J connectivity index is 2.12. The van der Waals surface area contributed by atoms with Crippen LogP contribution in [-0.4, -0.2) is 37.3 Å². The number of likely N-dealkylation sites (N-methyl/N-ethyl adjacent to an activating group) is 1. The highest BCUT2D eigenvalue weighted by molar-refractivity contribution is 7.15. The van der Waals surface area contributed by atoms with Crippen LogP contribution in [0, 0.1) is 0 Å². The Kier molecular flexibility index (Phi) is 5.63. The SMILES string of the molecule is CCN(CCOC)c1nc(C2CC2)c(CNC(C)(C)C)s1. The van der Waals surface area contributed by atoms with E-state index in [1.807, 2.05) is 11.3 Å². The summed E-state index contributed by atoms with van der Waals surface area (Å²) in [6.07, 6.45) is 2.60. The zero-order valence-corrected chi connectivity index (χ0v) is 14.8. The fraction of sp³-hybridized carbons (Fsp3) is 0.812. The van der Waals surface area contributed by atoms with Gasteiger partial charge in [0.25, 0.3) is 0 Å². The van der Waals surface area contributed by atoms with E-state index < -0.39 is 0 Å². The first kappa shape index (κ1) is 16.7. The third-order valence-electron chi connectivity index (χ3n) is 3.68. The molecule has 0 radical (unpaired) electrons. The second-order valence-corrected chi connectivity index (χ2v) is 7.82. The van der Waals surface area contributed by atoms with Crippen molar-refractivity contribution < 1.29 is 4.74 Å². The number of anilines is 1. The molecule has 0 aliphatic heterocycles. The van der Waals surface area contributed by atoms with E-state index in [-0.39, 0.29) is 5.54 Å². The van der Waals surface area contributed by atoms with Crippen LogP contribution >= 0.6 is 11.3 Å². The summed E-state index contributed by atoms with van der Waals surface area (Å²) in [4.78, 5) is 8.68. The maximum atomic E-state index is 5.21. The second kappa shape index (κ2) is 7.07. The van der Waals surface area contributed by atoms with Crippen molar-refractivity contribution in [2.24, 2.45) is 0 Å². The van der Waals surface area contributed by atoms with Crippen LogP contribution in [0.2, 0.25) is 0 Å². The Hall–Kier alpha value is -0.650. The molecule has 0 unspecified atom stereocenters. The lowest BCUT2D eigenvalue weighted by Gasteiger charge is -2.20. The predicted molar refractivity (Wildman–Crippen MR) is 90.4 cm³/mol. The minimum Gasteiger partial charge on any atom is -0.383 e. The Bertz CT molecular complexity index is 449. The Labute approximate surface area is 132 Å². The molecule has 0 saturated heterocycles. The average Bonchev–Trinajstić information content (AvgIpc) is 3.18. The van der Waals surface area contributed by atoms with E-state index in [1.165, 1.54) is 23.4 Å². The molecule has 1 heterocycles. The molecule has 4 nitrogen and oxygen atoms in total. The van der Waals surface area contributed by atoms with Gasteiger partial charge in [-0.3, -0.25) is 0 Å². The summed E-state index contributed by atoms with van der Waals surface area (Å²) >= 11 is 1.85. The molecule has 0 amide bonds. The van der Waals surface area contributed by atoms with Gasteiger partial charge in [0, 0.05) is 43.1 Å². The van der Waals surface area contributed by atoms with E-state index in [4.69, 9.17) is 9.72 Å². The molecule has 1 N–H and O–H groups in total. The van der Waals surface area contributed by atoms with Crippen molar-refractivity contribution in [3.63, 3.8) is 0 Å². The Morgan fingerprint density at radius 1 is 1.38 bits per heavy atom. The monoisotopic (exact) mass is 311 g/mol. The molecule has 2 rings (SSSR count). The van der Waals surface area contributed by atoms with E-state index in [2.05, 4.69) is 37.9 Å². The molecule has 0 spiro atoms. The van der Waals surface area contributed by atoms with Gasteiger partial charge in [-0.2, -0.15) is 0 Å². The van der Waals surface area contributed by atoms with Gasteiger partial charge < -0.3 is 15.0 Å². The molecule has 0 atom stereocenters. The highest BCUT2D eigenvalue weighted by Gasteiger charge is 2.30. The molecule has 1 saturated carbocycles.